The predicted octanol–water partition coefficient (Wildman–Crippen LogP) is 5.15. The molecule has 0 aliphatic rings. The molecule has 182 valence electrons. The molecule has 3 aromatic heterocycles. The average molecular weight is 488 g/mol. The predicted molar refractivity (Wildman–Crippen MR) is 130 cm³/mol. The number of halogens is 2. The Kier molecular flexibility index (Phi) is 6.16. The van der Waals surface area contributed by atoms with Crippen molar-refractivity contribution >= 4 is 17.2 Å². The van der Waals surface area contributed by atoms with Crippen molar-refractivity contribution in [3.63, 3.8) is 0 Å². The largest absolute Gasteiger partial charge is 0.496 e. The lowest BCUT2D eigenvalue weighted by molar-refractivity contribution is 0.102. The summed E-state index contributed by atoms with van der Waals surface area (Å²) in [6.45, 7) is 2.55. The van der Waals surface area contributed by atoms with E-state index in [1.807, 2.05) is 25.1 Å². The van der Waals surface area contributed by atoms with Gasteiger partial charge >= 0.3 is 0 Å². The van der Waals surface area contributed by atoms with Gasteiger partial charge in [-0.15, -0.1) is 0 Å². The summed E-state index contributed by atoms with van der Waals surface area (Å²) in [5.74, 6) is -0.0638. The van der Waals surface area contributed by atoms with Gasteiger partial charge in [-0.1, -0.05) is 42.0 Å². The van der Waals surface area contributed by atoms with E-state index < -0.39 is 12.3 Å². The number of aromatic nitrogens is 5. The molecule has 0 fully saturated rings. The van der Waals surface area contributed by atoms with Crippen LogP contribution < -0.4 is 10.1 Å². The van der Waals surface area contributed by atoms with E-state index in [0.717, 1.165) is 15.6 Å². The fourth-order valence-electron chi connectivity index (χ4n) is 4.01. The van der Waals surface area contributed by atoms with Crippen molar-refractivity contribution in [1.82, 2.24) is 24.4 Å². The summed E-state index contributed by atoms with van der Waals surface area (Å²) in [4.78, 5) is 17.6. The zero-order valence-corrected chi connectivity index (χ0v) is 19.5. The minimum absolute atomic E-state index is 0.0124. The van der Waals surface area contributed by atoms with Gasteiger partial charge in [-0.2, -0.15) is 10.2 Å². The van der Waals surface area contributed by atoms with Crippen LogP contribution in [0.5, 0.6) is 5.75 Å². The summed E-state index contributed by atoms with van der Waals surface area (Å²) >= 11 is 0. The topological polar surface area (TPSA) is 86.3 Å². The molecule has 0 unspecified atom stereocenters. The number of anilines is 1. The molecule has 0 aliphatic carbocycles. The van der Waals surface area contributed by atoms with Gasteiger partial charge in [-0.3, -0.25) is 9.48 Å². The molecule has 10 heteroatoms. The van der Waals surface area contributed by atoms with Crippen LogP contribution in [0.4, 0.5) is 14.5 Å². The lowest BCUT2D eigenvalue weighted by atomic mass is 10.1. The minimum atomic E-state index is -2.83. The molecule has 5 aromatic rings. The molecule has 0 saturated heterocycles. The Hall–Kier alpha value is -4.60. The zero-order valence-electron chi connectivity index (χ0n) is 19.5. The number of fused-ring (bicyclic) bond motifs is 1. The number of alkyl halides is 2. The normalized spacial score (nSPS) is 11.2. The number of benzene rings is 2. The molecule has 8 nitrogen and oxygen atoms in total. The van der Waals surface area contributed by atoms with Crippen molar-refractivity contribution in [2.75, 3.05) is 12.4 Å². The highest BCUT2D eigenvalue weighted by atomic mass is 19.3. The molecule has 0 radical (unpaired) electrons. The van der Waals surface area contributed by atoms with Gasteiger partial charge in [0.25, 0.3) is 12.3 Å². The SMILES string of the molecule is COc1ccccc1-c1cc(C(F)F)n2ncc(C(=O)Nc3cnn(Cc4cccc(C)c4)c3)c2n1. The first-order valence-corrected chi connectivity index (χ1v) is 11.1. The highest BCUT2D eigenvalue weighted by Crippen LogP contribution is 2.32. The highest BCUT2D eigenvalue weighted by Gasteiger charge is 2.22. The molecule has 36 heavy (non-hydrogen) atoms. The number of methoxy groups -OCH3 is 1. The number of hydrogen-bond acceptors (Lipinski definition) is 5. The number of nitrogens with one attached hydrogen (secondary N) is 1. The van der Waals surface area contributed by atoms with Gasteiger partial charge in [0.05, 0.1) is 37.4 Å². The second-order valence-corrected chi connectivity index (χ2v) is 8.23. The highest BCUT2D eigenvalue weighted by molar-refractivity contribution is 6.08. The van der Waals surface area contributed by atoms with Gasteiger partial charge < -0.3 is 10.1 Å². The standard InChI is InChI=1S/C26H22F2N6O2/c1-16-6-5-7-17(10-16)14-33-15-18(12-29-33)31-26(35)20-13-30-34-22(24(27)28)11-21(32-25(20)34)19-8-3-4-9-23(19)36-2/h3-13,15,24H,14H2,1-2H3,(H,31,35). The molecule has 2 aromatic carbocycles. The number of nitrogens with zero attached hydrogens (tertiary/aromatic N) is 5. The number of amides is 1. The smallest absolute Gasteiger partial charge is 0.280 e. The van der Waals surface area contributed by atoms with Crippen molar-refractivity contribution in [2.45, 2.75) is 19.9 Å². The second kappa shape index (κ2) is 9.57. The van der Waals surface area contributed by atoms with Gasteiger partial charge in [0.1, 0.15) is 17.0 Å². The number of carbonyl (C=O) groups is 1. The minimum Gasteiger partial charge on any atom is -0.496 e. The van der Waals surface area contributed by atoms with E-state index in [1.165, 1.54) is 25.6 Å². The lowest BCUT2D eigenvalue weighted by Gasteiger charge is -2.11. The van der Waals surface area contributed by atoms with Gasteiger partial charge in [-0.25, -0.2) is 18.3 Å². The van der Waals surface area contributed by atoms with Gasteiger partial charge in [0.2, 0.25) is 0 Å². The van der Waals surface area contributed by atoms with Crippen LogP contribution in [-0.2, 0) is 6.54 Å². The molecule has 0 bridgehead atoms. The van der Waals surface area contributed by atoms with Gasteiger partial charge in [0.15, 0.2) is 5.65 Å². The third kappa shape index (κ3) is 4.52. The van der Waals surface area contributed by atoms with E-state index in [9.17, 15) is 13.6 Å². The van der Waals surface area contributed by atoms with E-state index >= 15 is 0 Å². The number of carbonyl (C=O) groups excluding carboxylic acids is 1. The fourth-order valence-corrected chi connectivity index (χ4v) is 4.01. The Labute approximate surface area is 205 Å². The fraction of sp³-hybridized carbons (Fsp3) is 0.154. The molecule has 0 saturated carbocycles. The molecule has 1 amide bonds. The van der Waals surface area contributed by atoms with Crippen LogP contribution in [0, 0.1) is 6.92 Å². The summed E-state index contributed by atoms with van der Waals surface area (Å²) in [5.41, 5.74) is 3.13. The molecule has 1 N–H and O–H groups in total. The maximum Gasteiger partial charge on any atom is 0.280 e. The van der Waals surface area contributed by atoms with E-state index in [4.69, 9.17) is 4.74 Å². The lowest BCUT2D eigenvalue weighted by Crippen LogP contribution is -2.12. The van der Waals surface area contributed by atoms with Crippen LogP contribution in [0.3, 0.4) is 0 Å². The Morgan fingerprint density at radius 2 is 1.92 bits per heavy atom. The van der Waals surface area contributed by atoms with Crippen molar-refractivity contribution in [3.05, 3.63) is 95.6 Å². The first-order chi connectivity index (χ1) is 17.4. The van der Waals surface area contributed by atoms with Crippen molar-refractivity contribution in [3.8, 4) is 17.0 Å². The van der Waals surface area contributed by atoms with Crippen LogP contribution in [0.15, 0.2) is 73.2 Å². The first-order valence-electron chi connectivity index (χ1n) is 11.1. The molecular weight excluding hydrogens is 466 g/mol. The number of hydrogen-bond donors (Lipinski definition) is 1. The van der Waals surface area contributed by atoms with E-state index in [-0.39, 0.29) is 22.6 Å². The van der Waals surface area contributed by atoms with Crippen molar-refractivity contribution in [1.29, 1.82) is 0 Å². The van der Waals surface area contributed by atoms with Gasteiger partial charge in [0, 0.05) is 11.8 Å². The van der Waals surface area contributed by atoms with E-state index in [2.05, 4.69) is 26.6 Å². The van der Waals surface area contributed by atoms with Crippen molar-refractivity contribution in [2.24, 2.45) is 0 Å². The second-order valence-electron chi connectivity index (χ2n) is 8.23. The first kappa shape index (κ1) is 23.2. The number of para-hydroxylation sites is 1. The van der Waals surface area contributed by atoms with Crippen molar-refractivity contribution < 1.29 is 18.3 Å². The molecule has 0 spiro atoms. The summed E-state index contributed by atoms with van der Waals surface area (Å²) < 4.78 is 35.9. The Bertz CT molecular complexity index is 1560. The molecule has 5 rings (SSSR count). The van der Waals surface area contributed by atoms with E-state index in [0.29, 0.717) is 23.5 Å². The Balaban J connectivity index is 1.46. The monoisotopic (exact) mass is 488 g/mol. The summed E-state index contributed by atoms with van der Waals surface area (Å²) in [6.07, 6.45) is 1.62. The van der Waals surface area contributed by atoms with Crippen LogP contribution in [-0.4, -0.2) is 37.4 Å². The molecule has 0 atom stereocenters. The van der Waals surface area contributed by atoms with Crippen LogP contribution >= 0.6 is 0 Å². The summed E-state index contributed by atoms with van der Waals surface area (Å²) in [7, 11) is 1.49. The maximum atomic E-state index is 13.9. The molecular formula is C26H22F2N6O2. The third-order valence-electron chi connectivity index (χ3n) is 5.67. The van der Waals surface area contributed by atoms with Gasteiger partial charge in [-0.05, 0) is 30.7 Å². The van der Waals surface area contributed by atoms with E-state index in [1.54, 1.807) is 35.1 Å². The Morgan fingerprint density at radius 1 is 1.08 bits per heavy atom. The molecule has 3 heterocycles. The van der Waals surface area contributed by atoms with Crippen LogP contribution in [0.2, 0.25) is 0 Å². The Morgan fingerprint density at radius 3 is 2.69 bits per heavy atom. The quantitative estimate of drug-likeness (QED) is 0.343. The number of ether oxygens (including phenoxy) is 1. The zero-order chi connectivity index (χ0) is 25.2. The van der Waals surface area contributed by atoms with Crippen LogP contribution in [0.25, 0.3) is 16.9 Å². The summed E-state index contributed by atoms with van der Waals surface area (Å²) in [6, 6.07) is 16.2. The number of aryl methyl sites for hydroxylation is 1. The maximum absolute atomic E-state index is 13.9. The molecule has 0 aliphatic heterocycles. The number of rotatable bonds is 7. The summed E-state index contributed by atoms with van der Waals surface area (Å²) in [5, 5.41) is 11.1. The van der Waals surface area contributed by atoms with Crippen LogP contribution in [0.1, 0.15) is 33.6 Å². The average Bonchev–Trinajstić information content (AvgIpc) is 3.50. The third-order valence-corrected chi connectivity index (χ3v) is 5.67.